The van der Waals surface area contributed by atoms with Crippen LogP contribution in [0.25, 0.3) is 0 Å². The smallest absolute Gasteiger partial charge is 0.123 e. The molecule has 0 heterocycles. The van der Waals surface area contributed by atoms with E-state index in [4.69, 9.17) is 0 Å². The van der Waals surface area contributed by atoms with Gasteiger partial charge in [0.2, 0.25) is 0 Å². The van der Waals surface area contributed by atoms with E-state index in [2.05, 4.69) is 13.8 Å². The fourth-order valence-corrected chi connectivity index (χ4v) is 6.19. The second kappa shape index (κ2) is 35.7. The number of aldehydes is 1. The molecule has 0 amide bonds. The summed E-state index contributed by atoms with van der Waals surface area (Å²) >= 11 is 0. The Bertz CT molecular complexity index is 394. The van der Waals surface area contributed by atoms with E-state index in [1.54, 1.807) is 0 Å². The van der Waals surface area contributed by atoms with Gasteiger partial charge < -0.3 is 4.79 Å². The Morgan fingerprint density at radius 2 is 0.487 bits per heavy atom. The van der Waals surface area contributed by atoms with Crippen molar-refractivity contribution in [3.8, 4) is 0 Å². The summed E-state index contributed by atoms with van der Waals surface area (Å²) in [6.07, 6.45) is 48.9. The van der Waals surface area contributed by atoms with Crippen LogP contribution in [0.4, 0.5) is 0 Å². The number of hydrogen-bond donors (Lipinski definition) is 0. The molecule has 0 atom stereocenters. The van der Waals surface area contributed by atoms with Crippen molar-refractivity contribution in [2.75, 3.05) is 0 Å². The first-order valence-corrected chi connectivity index (χ1v) is 18.8. The molecule has 0 aliphatic carbocycles. The van der Waals surface area contributed by atoms with Crippen molar-refractivity contribution in [2.45, 2.75) is 232 Å². The standard InChI is InChI=1S/C38H76O/c1-3-5-7-9-11-13-15-17-19-21-23-25-27-29-31-33-35-38(37-39)36-34-32-30-28-26-24-22-20-18-16-14-12-10-8-6-4-2/h37-38H,3-36H2,1-2H3. The molecule has 39 heavy (non-hydrogen) atoms. The fourth-order valence-electron chi connectivity index (χ4n) is 6.19. The molecule has 0 spiro atoms. The molecule has 0 aliphatic rings. The van der Waals surface area contributed by atoms with Crippen LogP contribution in [0.2, 0.25) is 0 Å². The van der Waals surface area contributed by atoms with Gasteiger partial charge in [-0.05, 0) is 12.8 Å². The lowest BCUT2D eigenvalue weighted by Crippen LogP contribution is -2.02. The van der Waals surface area contributed by atoms with Crippen LogP contribution in [-0.4, -0.2) is 6.29 Å². The average molecular weight is 549 g/mol. The van der Waals surface area contributed by atoms with Gasteiger partial charge in [-0.15, -0.1) is 0 Å². The molecule has 0 fully saturated rings. The van der Waals surface area contributed by atoms with Gasteiger partial charge in [-0.2, -0.15) is 0 Å². The molecular weight excluding hydrogens is 472 g/mol. The summed E-state index contributed by atoms with van der Waals surface area (Å²) in [6.45, 7) is 4.60. The minimum Gasteiger partial charge on any atom is -0.303 e. The number of rotatable bonds is 35. The number of carbonyl (C=O) groups is 1. The van der Waals surface area contributed by atoms with E-state index < -0.39 is 0 Å². The van der Waals surface area contributed by atoms with Gasteiger partial charge in [-0.25, -0.2) is 0 Å². The highest BCUT2D eigenvalue weighted by molar-refractivity contribution is 5.53. The van der Waals surface area contributed by atoms with Crippen molar-refractivity contribution in [1.29, 1.82) is 0 Å². The van der Waals surface area contributed by atoms with Crippen LogP contribution in [0.5, 0.6) is 0 Å². The van der Waals surface area contributed by atoms with Gasteiger partial charge in [0.1, 0.15) is 6.29 Å². The molecule has 0 bridgehead atoms. The van der Waals surface area contributed by atoms with Gasteiger partial charge >= 0.3 is 0 Å². The summed E-state index contributed by atoms with van der Waals surface area (Å²) in [5.41, 5.74) is 0. The predicted molar refractivity (Wildman–Crippen MR) is 178 cm³/mol. The Hall–Kier alpha value is -0.330. The average Bonchev–Trinajstić information content (AvgIpc) is 2.95. The van der Waals surface area contributed by atoms with Gasteiger partial charge in [0.05, 0.1) is 0 Å². The van der Waals surface area contributed by atoms with Crippen molar-refractivity contribution in [2.24, 2.45) is 5.92 Å². The zero-order valence-corrected chi connectivity index (χ0v) is 27.6. The summed E-state index contributed by atoms with van der Waals surface area (Å²) in [4.78, 5) is 11.5. The lowest BCUT2D eigenvalue weighted by atomic mass is 9.95. The normalized spacial score (nSPS) is 11.6. The predicted octanol–water partition coefficient (Wildman–Crippen LogP) is 14.1. The fraction of sp³-hybridized carbons (Fsp3) is 0.974. The van der Waals surface area contributed by atoms with Crippen molar-refractivity contribution >= 4 is 6.29 Å². The van der Waals surface area contributed by atoms with Crippen molar-refractivity contribution in [3.05, 3.63) is 0 Å². The van der Waals surface area contributed by atoms with Crippen LogP contribution in [0.1, 0.15) is 232 Å². The maximum Gasteiger partial charge on any atom is 0.123 e. The topological polar surface area (TPSA) is 17.1 Å². The molecular formula is C38H76O. The third-order valence-electron chi connectivity index (χ3n) is 9.05. The highest BCUT2D eigenvalue weighted by Crippen LogP contribution is 2.19. The molecule has 0 unspecified atom stereocenters. The second-order valence-corrected chi connectivity index (χ2v) is 13.1. The van der Waals surface area contributed by atoms with Gasteiger partial charge in [-0.3, -0.25) is 0 Å². The Labute approximate surface area is 248 Å². The van der Waals surface area contributed by atoms with E-state index in [0.717, 1.165) is 12.8 Å². The third-order valence-corrected chi connectivity index (χ3v) is 9.05. The van der Waals surface area contributed by atoms with E-state index in [-0.39, 0.29) is 0 Å². The third kappa shape index (κ3) is 33.8. The summed E-state index contributed by atoms with van der Waals surface area (Å²) in [5.74, 6) is 0.336. The first-order valence-electron chi connectivity index (χ1n) is 18.8. The molecule has 0 radical (unpaired) electrons. The molecule has 0 saturated heterocycles. The van der Waals surface area contributed by atoms with Gasteiger partial charge in [0, 0.05) is 5.92 Å². The highest BCUT2D eigenvalue weighted by atomic mass is 16.1. The molecule has 0 aromatic heterocycles. The Kier molecular flexibility index (Phi) is 35.4. The molecule has 0 saturated carbocycles. The van der Waals surface area contributed by atoms with Crippen LogP contribution in [0, 0.1) is 5.92 Å². The molecule has 0 aromatic rings. The van der Waals surface area contributed by atoms with Crippen molar-refractivity contribution in [3.63, 3.8) is 0 Å². The van der Waals surface area contributed by atoms with Crippen LogP contribution < -0.4 is 0 Å². The zero-order chi connectivity index (χ0) is 28.3. The maximum atomic E-state index is 11.5. The molecule has 0 rings (SSSR count). The number of hydrogen-bond acceptors (Lipinski definition) is 1. The second-order valence-electron chi connectivity index (χ2n) is 13.1. The van der Waals surface area contributed by atoms with Crippen LogP contribution in [0.3, 0.4) is 0 Å². The molecule has 1 heteroatoms. The summed E-state index contributed by atoms with van der Waals surface area (Å²) < 4.78 is 0. The van der Waals surface area contributed by atoms with Gasteiger partial charge in [0.15, 0.2) is 0 Å². The number of carbonyl (C=O) groups excluding carboxylic acids is 1. The Balaban J connectivity index is 3.25. The molecule has 234 valence electrons. The SMILES string of the molecule is CCCCCCCCCCCCCCCCCCC(C=O)CCCCCCCCCCCCCCCCCC. The van der Waals surface area contributed by atoms with Crippen molar-refractivity contribution in [1.82, 2.24) is 0 Å². The van der Waals surface area contributed by atoms with Crippen LogP contribution in [0.15, 0.2) is 0 Å². The molecule has 0 aromatic carbocycles. The largest absolute Gasteiger partial charge is 0.303 e. The summed E-state index contributed by atoms with van der Waals surface area (Å²) in [6, 6.07) is 0. The monoisotopic (exact) mass is 549 g/mol. The van der Waals surface area contributed by atoms with Crippen molar-refractivity contribution < 1.29 is 4.79 Å². The molecule has 0 aliphatic heterocycles. The quantitative estimate of drug-likeness (QED) is 0.0568. The minimum absolute atomic E-state index is 0.336. The highest BCUT2D eigenvalue weighted by Gasteiger charge is 2.07. The molecule has 0 N–H and O–H groups in total. The van der Waals surface area contributed by atoms with Crippen LogP contribution in [-0.2, 0) is 4.79 Å². The Morgan fingerprint density at radius 3 is 0.667 bits per heavy atom. The first kappa shape index (κ1) is 38.7. The van der Waals surface area contributed by atoms with E-state index >= 15 is 0 Å². The first-order chi connectivity index (χ1) is 19.3. The lowest BCUT2D eigenvalue weighted by molar-refractivity contribution is -0.111. The molecule has 1 nitrogen and oxygen atoms in total. The lowest BCUT2D eigenvalue weighted by Gasteiger charge is -2.10. The summed E-state index contributed by atoms with van der Waals surface area (Å²) in [7, 11) is 0. The summed E-state index contributed by atoms with van der Waals surface area (Å²) in [5, 5.41) is 0. The Morgan fingerprint density at radius 1 is 0.308 bits per heavy atom. The van der Waals surface area contributed by atoms with Crippen LogP contribution >= 0.6 is 0 Å². The van der Waals surface area contributed by atoms with Gasteiger partial charge in [-0.1, -0.05) is 219 Å². The van der Waals surface area contributed by atoms with Gasteiger partial charge in [0.25, 0.3) is 0 Å². The number of unbranched alkanes of at least 4 members (excludes halogenated alkanes) is 30. The van der Waals surface area contributed by atoms with E-state index in [1.165, 1.54) is 212 Å². The van der Waals surface area contributed by atoms with E-state index in [9.17, 15) is 4.79 Å². The zero-order valence-electron chi connectivity index (χ0n) is 27.6. The van der Waals surface area contributed by atoms with E-state index in [1.807, 2.05) is 0 Å². The van der Waals surface area contributed by atoms with E-state index in [0.29, 0.717) is 5.92 Å². The minimum atomic E-state index is 0.336. The maximum absolute atomic E-state index is 11.5.